The highest BCUT2D eigenvalue weighted by atomic mass is 32.2. The summed E-state index contributed by atoms with van der Waals surface area (Å²) < 4.78 is 39.9. The fourth-order valence-electron chi connectivity index (χ4n) is 3.00. The van der Waals surface area contributed by atoms with E-state index in [-0.39, 0.29) is 23.0 Å². The first-order valence-corrected chi connectivity index (χ1v) is 11.7. The second-order valence-corrected chi connectivity index (χ2v) is 9.70. The number of carbonyl (C=O) groups is 1. The number of sulfonamides is 1. The molecule has 0 unspecified atom stereocenters. The van der Waals surface area contributed by atoms with Crippen molar-refractivity contribution < 1.29 is 17.6 Å². The predicted molar refractivity (Wildman–Crippen MR) is 109 cm³/mol. The summed E-state index contributed by atoms with van der Waals surface area (Å²) >= 11 is 1.46. The number of carbonyl (C=O) groups excluding carboxylic acids is 1. The number of piperidine rings is 1. The summed E-state index contributed by atoms with van der Waals surface area (Å²) in [6, 6.07) is 12.5. The van der Waals surface area contributed by atoms with E-state index in [0.717, 1.165) is 24.2 Å². The number of halogens is 1. The Morgan fingerprint density at radius 2 is 1.79 bits per heavy atom. The van der Waals surface area contributed by atoms with Crippen LogP contribution >= 0.6 is 11.8 Å². The molecule has 3 rings (SSSR count). The Hall–Kier alpha value is -1.90. The molecule has 150 valence electrons. The molecule has 0 radical (unpaired) electrons. The van der Waals surface area contributed by atoms with Crippen molar-refractivity contribution in [2.45, 2.75) is 35.5 Å². The molecule has 0 bridgehead atoms. The van der Waals surface area contributed by atoms with Crippen molar-refractivity contribution in [2.24, 2.45) is 0 Å². The molecule has 5 nitrogen and oxygen atoms in total. The van der Waals surface area contributed by atoms with Crippen LogP contribution < -0.4 is 5.32 Å². The molecule has 1 N–H and O–H groups in total. The van der Waals surface area contributed by atoms with Crippen molar-refractivity contribution >= 4 is 33.4 Å². The minimum atomic E-state index is -3.53. The van der Waals surface area contributed by atoms with Gasteiger partial charge in [0, 0.05) is 35.8 Å². The molecule has 0 aliphatic carbocycles. The molecule has 1 heterocycles. The van der Waals surface area contributed by atoms with Gasteiger partial charge in [-0.25, -0.2) is 12.8 Å². The number of nitrogens with one attached hydrogen (secondary N) is 1. The number of hydrogen-bond acceptors (Lipinski definition) is 4. The first-order valence-electron chi connectivity index (χ1n) is 9.23. The summed E-state index contributed by atoms with van der Waals surface area (Å²) in [4.78, 5) is 13.3. The SMILES string of the molecule is O=C(CCSc1ccc(F)cc1)Nc1cccc(S(=O)(=O)N2CCCCC2)c1. The molecule has 0 saturated carbocycles. The molecule has 1 aliphatic rings. The zero-order valence-corrected chi connectivity index (χ0v) is 17.1. The fraction of sp³-hybridized carbons (Fsp3) is 0.350. The Labute approximate surface area is 169 Å². The minimum Gasteiger partial charge on any atom is -0.326 e. The molecule has 28 heavy (non-hydrogen) atoms. The molecule has 1 aliphatic heterocycles. The number of nitrogens with zero attached hydrogens (tertiary/aromatic N) is 1. The van der Waals surface area contributed by atoms with Gasteiger partial charge in [0.05, 0.1) is 4.90 Å². The largest absolute Gasteiger partial charge is 0.326 e. The van der Waals surface area contributed by atoms with E-state index in [4.69, 9.17) is 0 Å². The Kier molecular flexibility index (Phi) is 7.09. The van der Waals surface area contributed by atoms with Crippen molar-refractivity contribution in [1.29, 1.82) is 0 Å². The van der Waals surface area contributed by atoms with Gasteiger partial charge < -0.3 is 5.32 Å². The zero-order valence-electron chi connectivity index (χ0n) is 15.4. The van der Waals surface area contributed by atoms with Crippen molar-refractivity contribution in [3.63, 3.8) is 0 Å². The van der Waals surface area contributed by atoms with Crippen LogP contribution in [0.1, 0.15) is 25.7 Å². The van der Waals surface area contributed by atoms with E-state index < -0.39 is 10.0 Å². The van der Waals surface area contributed by atoms with Crippen LogP contribution in [0, 0.1) is 5.82 Å². The van der Waals surface area contributed by atoms with E-state index in [1.807, 2.05) is 0 Å². The Morgan fingerprint density at radius 3 is 2.50 bits per heavy atom. The molecule has 1 amide bonds. The molecule has 1 fully saturated rings. The standard InChI is InChI=1S/C20H23FN2O3S2/c21-16-7-9-18(10-8-16)27-14-11-20(24)22-17-5-4-6-19(15-17)28(25,26)23-12-2-1-3-13-23/h4-10,15H,1-3,11-14H2,(H,22,24). The van der Waals surface area contributed by atoms with E-state index in [0.29, 0.717) is 24.5 Å². The number of anilines is 1. The summed E-state index contributed by atoms with van der Waals surface area (Å²) in [5.41, 5.74) is 0.467. The van der Waals surface area contributed by atoms with Crippen LogP contribution in [0.2, 0.25) is 0 Å². The number of hydrogen-bond donors (Lipinski definition) is 1. The maximum Gasteiger partial charge on any atom is 0.243 e. The highest BCUT2D eigenvalue weighted by Crippen LogP contribution is 2.23. The van der Waals surface area contributed by atoms with Gasteiger partial charge in [0.15, 0.2) is 0 Å². The van der Waals surface area contributed by atoms with E-state index in [9.17, 15) is 17.6 Å². The molecule has 0 atom stereocenters. The van der Waals surface area contributed by atoms with Crippen molar-refractivity contribution in [1.82, 2.24) is 4.31 Å². The summed E-state index contributed by atoms with van der Waals surface area (Å²) in [5.74, 6) is 0.0621. The van der Waals surface area contributed by atoms with Gasteiger partial charge in [-0.2, -0.15) is 4.31 Å². The normalized spacial score (nSPS) is 15.3. The van der Waals surface area contributed by atoms with Crippen LogP contribution in [0.5, 0.6) is 0 Å². The predicted octanol–water partition coefficient (Wildman–Crippen LogP) is 4.12. The van der Waals surface area contributed by atoms with Crippen LogP contribution in [-0.2, 0) is 14.8 Å². The second-order valence-electron chi connectivity index (χ2n) is 6.59. The summed E-state index contributed by atoms with van der Waals surface area (Å²) in [6.45, 7) is 1.08. The Morgan fingerprint density at radius 1 is 1.07 bits per heavy atom. The highest BCUT2D eigenvalue weighted by molar-refractivity contribution is 7.99. The molecule has 0 spiro atoms. The Balaban J connectivity index is 1.56. The first-order chi connectivity index (χ1) is 13.4. The lowest BCUT2D eigenvalue weighted by Gasteiger charge is -2.26. The molecular weight excluding hydrogens is 399 g/mol. The van der Waals surface area contributed by atoms with Crippen LogP contribution in [-0.4, -0.2) is 37.5 Å². The third kappa shape index (κ3) is 5.56. The lowest BCUT2D eigenvalue weighted by Crippen LogP contribution is -2.35. The first kappa shape index (κ1) is 20.8. The Bertz CT molecular complexity index is 911. The van der Waals surface area contributed by atoms with Gasteiger partial charge in [0.2, 0.25) is 15.9 Å². The van der Waals surface area contributed by atoms with Gasteiger partial charge in [0.25, 0.3) is 0 Å². The fourth-order valence-corrected chi connectivity index (χ4v) is 5.42. The number of benzene rings is 2. The van der Waals surface area contributed by atoms with Gasteiger partial charge in [0.1, 0.15) is 5.82 Å². The average molecular weight is 423 g/mol. The molecule has 2 aromatic carbocycles. The van der Waals surface area contributed by atoms with E-state index in [2.05, 4.69) is 5.32 Å². The van der Waals surface area contributed by atoms with Gasteiger partial charge in [-0.05, 0) is 55.3 Å². The number of thioether (sulfide) groups is 1. The van der Waals surface area contributed by atoms with Crippen molar-refractivity contribution in [3.8, 4) is 0 Å². The van der Waals surface area contributed by atoms with Gasteiger partial charge in [-0.3, -0.25) is 4.79 Å². The smallest absolute Gasteiger partial charge is 0.243 e. The summed E-state index contributed by atoms with van der Waals surface area (Å²) in [7, 11) is -3.53. The molecule has 1 saturated heterocycles. The lowest BCUT2D eigenvalue weighted by molar-refractivity contribution is -0.115. The van der Waals surface area contributed by atoms with Crippen LogP contribution in [0.4, 0.5) is 10.1 Å². The molecule has 2 aromatic rings. The zero-order chi connectivity index (χ0) is 20.0. The maximum atomic E-state index is 12.9. The van der Waals surface area contributed by atoms with Crippen LogP contribution in [0.15, 0.2) is 58.3 Å². The van der Waals surface area contributed by atoms with Crippen LogP contribution in [0.25, 0.3) is 0 Å². The average Bonchev–Trinajstić information content (AvgIpc) is 2.70. The van der Waals surface area contributed by atoms with Crippen LogP contribution in [0.3, 0.4) is 0 Å². The van der Waals surface area contributed by atoms with E-state index in [1.165, 1.54) is 34.3 Å². The van der Waals surface area contributed by atoms with Gasteiger partial charge >= 0.3 is 0 Å². The topological polar surface area (TPSA) is 66.5 Å². The number of amides is 1. The van der Waals surface area contributed by atoms with E-state index >= 15 is 0 Å². The molecule has 8 heteroatoms. The number of rotatable bonds is 7. The monoisotopic (exact) mass is 422 g/mol. The van der Waals surface area contributed by atoms with E-state index in [1.54, 1.807) is 30.3 Å². The van der Waals surface area contributed by atoms with Gasteiger partial charge in [-0.1, -0.05) is 12.5 Å². The minimum absolute atomic E-state index is 0.192. The third-order valence-electron chi connectivity index (χ3n) is 4.48. The summed E-state index contributed by atoms with van der Waals surface area (Å²) in [6.07, 6.45) is 3.08. The lowest BCUT2D eigenvalue weighted by atomic mass is 10.2. The second kappa shape index (κ2) is 9.54. The van der Waals surface area contributed by atoms with Crippen molar-refractivity contribution in [3.05, 3.63) is 54.3 Å². The van der Waals surface area contributed by atoms with Crippen molar-refractivity contribution in [2.75, 3.05) is 24.2 Å². The van der Waals surface area contributed by atoms with Gasteiger partial charge in [-0.15, -0.1) is 11.8 Å². The molecule has 0 aromatic heterocycles. The third-order valence-corrected chi connectivity index (χ3v) is 7.39. The summed E-state index contributed by atoms with van der Waals surface area (Å²) in [5, 5.41) is 2.76. The molecular formula is C20H23FN2O3S2. The maximum absolute atomic E-state index is 12.9. The highest BCUT2D eigenvalue weighted by Gasteiger charge is 2.26. The quantitative estimate of drug-likeness (QED) is 0.682.